The van der Waals surface area contributed by atoms with E-state index in [1.165, 1.54) is 0 Å². The average molecular weight is 409 g/mol. The van der Waals surface area contributed by atoms with E-state index in [2.05, 4.69) is 21.2 Å². The van der Waals surface area contributed by atoms with Gasteiger partial charge in [-0.3, -0.25) is 0 Å². The molecule has 2 aromatic carbocycles. The molecule has 0 saturated heterocycles. The van der Waals surface area contributed by atoms with Crippen LogP contribution in [0, 0.1) is 0 Å². The van der Waals surface area contributed by atoms with Crippen LogP contribution < -0.4 is 14.8 Å². The van der Waals surface area contributed by atoms with Gasteiger partial charge in [-0.2, -0.15) is 0 Å². The average Bonchev–Trinajstić information content (AvgIpc) is 2.93. The topological polar surface area (TPSA) is 30.5 Å². The summed E-state index contributed by atoms with van der Waals surface area (Å²) in [6.07, 6.45) is 0. The van der Waals surface area contributed by atoms with E-state index in [0.717, 1.165) is 15.7 Å². The summed E-state index contributed by atoms with van der Waals surface area (Å²) < 4.78 is 11.4. The molecular formula is C14H9BrCl3NO2. The Morgan fingerprint density at radius 1 is 1.10 bits per heavy atom. The van der Waals surface area contributed by atoms with Crippen molar-refractivity contribution in [2.45, 2.75) is 6.54 Å². The molecule has 1 heterocycles. The van der Waals surface area contributed by atoms with Crippen molar-refractivity contribution < 1.29 is 9.47 Å². The zero-order chi connectivity index (χ0) is 15.0. The number of rotatable bonds is 3. The minimum atomic E-state index is 0.195. The van der Waals surface area contributed by atoms with E-state index in [1.54, 1.807) is 0 Å². The lowest BCUT2D eigenvalue weighted by molar-refractivity contribution is 0.174. The first-order chi connectivity index (χ1) is 10.1. The van der Waals surface area contributed by atoms with Gasteiger partial charge in [0.15, 0.2) is 11.5 Å². The van der Waals surface area contributed by atoms with E-state index < -0.39 is 0 Å². The van der Waals surface area contributed by atoms with Gasteiger partial charge in [0.05, 0.1) is 20.8 Å². The Hall–Kier alpha value is -0.810. The molecule has 110 valence electrons. The fourth-order valence-electron chi connectivity index (χ4n) is 1.98. The lowest BCUT2D eigenvalue weighted by Crippen LogP contribution is -2.00. The summed E-state index contributed by atoms with van der Waals surface area (Å²) in [7, 11) is 0. The van der Waals surface area contributed by atoms with E-state index in [9.17, 15) is 0 Å². The number of nitrogens with one attached hydrogen (secondary N) is 1. The Morgan fingerprint density at radius 3 is 2.71 bits per heavy atom. The molecule has 0 spiro atoms. The molecule has 3 nitrogen and oxygen atoms in total. The van der Waals surface area contributed by atoms with Crippen molar-refractivity contribution in [3.8, 4) is 11.5 Å². The Kier molecular flexibility index (Phi) is 4.41. The largest absolute Gasteiger partial charge is 0.454 e. The predicted octanol–water partition coefficient (Wildman–Crippen LogP) is 5.75. The molecule has 1 aliphatic heterocycles. The quantitative estimate of drug-likeness (QED) is 0.655. The molecule has 2 aromatic rings. The third kappa shape index (κ3) is 3.04. The Bertz CT molecular complexity index is 709. The fourth-order valence-corrected chi connectivity index (χ4v) is 3.11. The lowest BCUT2D eigenvalue weighted by atomic mass is 10.2. The van der Waals surface area contributed by atoms with Crippen LogP contribution in [0.2, 0.25) is 15.1 Å². The first-order valence-corrected chi connectivity index (χ1v) is 7.94. The van der Waals surface area contributed by atoms with Gasteiger partial charge in [0.25, 0.3) is 0 Å². The Labute approximate surface area is 145 Å². The Balaban J connectivity index is 1.80. The molecule has 0 aliphatic carbocycles. The predicted molar refractivity (Wildman–Crippen MR) is 89.1 cm³/mol. The number of halogens is 4. The third-order valence-electron chi connectivity index (χ3n) is 3.01. The minimum absolute atomic E-state index is 0.195. The van der Waals surface area contributed by atoms with Crippen LogP contribution in [-0.4, -0.2) is 6.79 Å². The highest BCUT2D eigenvalue weighted by Gasteiger charge is 2.18. The molecule has 0 aromatic heterocycles. The molecule has 7 heteroatoms. The summed E-state index contributed by atoms with van der Waals surface area (Å²) in [5.41, 5.74) is 1.71. The van der Waals surface area contributed by atoms with Crippen molar-refractivity contribution in [1.82, 2.24) is 0 Å². The van der Waals surface area contributed by atoms with Crippen LogP contribution in [-0.2, 0) is 6.54 Å². The molecule has 1 N–H and O–H groups in total. The SMILES string of the molecule is Clc1cc(CNc2ccc(Br)c(Cl)c2Cl)cc2c1OCO2. The summed E-state index contributed by atoms with van der Waals surface area (Å²) in [5, 5.41) is 4.70. The summed E-state index contributed by atoms with van der Waals surface area (Å²) in [6.45, 7) is 0.730. The van der Waals surface area contributed by atoms with E-state index in [0.29, 0.717) is 33.1 Å². The summed E-state index contributed by atoms with van der Waals surface area (Å²) in [5.74, 6) is 1.24. The van der Waals surface area contributed by atoms with Crippen molar-refractivity contribution in [1.29, 1.82) is 0 Å². The van der Waals surface area contributed by atoms with Gasteiger partial charge in [0.2, 0.25) is 6.79 Å². The van der Waals surface area contributed by atoms with Crippen LogP contribution in [0.15, 0.2) is 28.7 Å². The summed E-state index contributed by atoms with van der Waals surface area (Å²) in [4.78, 5) is 0. The second kappa shape index (κ2) is 6.13. The minimum Gasteiger partial charge on any atom is -0.454 e. The first kappa shape index (κ1) is 15.1. The van der Waals surface area contributed by atoms with Crippen molar-refractivity contribution in [3.05, 3.63) is 49.4 Å². The molecule has 21 heavy (non-hydrogen) atoms. The first-order valence-electron chi connectivity index (χ1n) is 6.01. The molecule has 0 amide bonds. The highest BCUT2D eigenvalue weighted by molar-refractivity contribution is 9.10. The maximum atomic E-state index is 6.19. The van der Waals surface area contributed by atoms with Crippen LogP contribution in [0.5, 0.6) is 11.5 Å². The third-order valence-corrected chi connectivity index (χ3v) is 5.06. The normalized spacial score (nSPS) is 12.6. The van der Waals surface area contributed by atoms with Gasteiger partial charge >= 0.3 is 0 Å². The highest BCUT2D eigenvalue weighted by atomic mass is 79.9. The molecule has 0 unspecified atom stereocenters. The zero-order valence-electron chi connectivity index (χ0n) is 10.6. The van der Waals surface area contributed by atoms with Crippen LogP contribution in [0.3, 0.4) is 0 Å². The van der Waals surface area contributed by atoms with Gasteiger partial charge in [-0.25, -0.2) is 0 Å². The molecule has 0 radical (unpaired) electrons. The van der Waals surface area contributed by atoms with Gasteiger partial charge < -0.3 is 14.8 Å². The number of hydrogen-bond donors (Lipinski definition) is 1. The van der Waals surface area contributed by atoms with E-state index in [-0.39, 0.29) is 6.79 Å². The second-order valence-electron chi connectivity index (χ2n) is 4.39. The molecule has 3 rings (SSSR count). The molecule has 0 fully saturated rings. The number of benzene rings is 2. The number of ether oxygens (including phenoxy) is 2. The van der Waals surface area contributed by atoms with Crippen molar-refractivity contribution >= 4 is 56.4 Å². The monoisotopic (exact) mass is 407 g/mol. The van der Waals surface area contributed by atoms with Gasteiger partial charge in [-0.05, 0) is 45.8 Å². The van der Waals surface area contributed by atoms with Gasteiger partial charge in [-0.1, -0.05) is 34.8 Å². The molecule has 0 bridgehead atoms. The van der Waals surface area contributed by atoms with Crippen molar-refractivity contribution in [2.24, 2.45) is 0 Å². The lowest BCUT2D eigenvalue weighted by Gasteiger charge is -2.11. The molecule has 1 aliphatic rings. The fraction of sp³-hybridized carbons (Fsp3) is 0.143. The highest BCUT2D eigenvalue weighted by Crippen LogP contribution is 2.40. The van der Waals surface area contributed by atoms with Gasteiger partial charge in [0, 0.05) is 11.0 Å². The smallest absolute Gasteiger partial charge is 0.231 e. The summed E-state index contributed by atoms with van der Waals surface area (Å²) >= 11 is 21.8. The zero-order valence-corrected chi connectivity index (χ0v) is 14.4. The van der Waals surface area contributed by atoms with E-state index in [1.807, 2.05) is 24.3 Å². The maximum Gasteiger partial charge on any atom is 0.231 e. The van der Waals surface area contributed by atoms with Gasteiger partial charge in [-0.15, -0.1) is 0 Å². The second-order valence-corrected chi connectivity index (χ2v) is 6.41. The molecule has 0 atom stereocenters. The van der Waals surface area contributed by atoms with E-state index >= 15 is 0 Å². The van der Waals surface area contributed by atoms with Crippen LogP contribution in [0.25, 0.3) is 0 Å². The van der Waals surface area contributed by atoms with Gasteiger partial charge in [0.1, 0.15) is 0 Å². The number of fused-ring (bicyclic) bond motifs is 1. The molecular weight excluding hydrogens is 400 g/mol. The van der Waals surface area contributed by atoms with Crippen LogP contribution in [0.1, 0.15) is 5.56 Å². The number of anilines is 1. The van der Waals surface area contributed by atoms with Crippen LogP contribution >= 0.6 is 50.7 Å². The van der Waals surface area contributed by atoms with E-state index in [4.69, 9.17) is 44.3 Å². The molecule has 0 saturated carbocycles. The van der Waals surface area contributed by atoms with Crippen LogP contribution in [0.4, 0.5) is 5.69 Å². The maximum absolute atomic E-state index is 6.19. The summed E-state index contributed by atoms with van der Waals surface area (Å²) in [6, 6.07) is 7.40. The Morgan fingerprint density at radius 2 is 1.90 bits per heavy atom. The standard InChI is InChI=1S/C14H9BrCl3NO2/c15-8-1-2-10(13(18)12(8)17)19-5-7-3-9(16)14-11(4-7)20-6-21-14/h1-4,19H,5-6H2. The van der Waals surface area contributed by atoms with Crippen molar-refractivity contribution in [3.63, 3.8) is 0 Å². The number of hydrogen-bond acceptors (Lipinski definition) is 3. The van der Waals surface area contributed by atoms with Crippen molar-refractivity contribution in [2.75, 3.05) is 12.1 Å².